The minimum atomic E-state index is -3.36. The van der Waals surface area contributed by atoms with E-state index in [0.717, 1.165) is 0 Å². The van der Waals surface area contributed by atoms with Crippen molar-refractivity contribution in [2.45, 2.75) is 19.4 Å². The molecule has 2 aliphatic heterocycles. The lowest BCUT2D eigenvalue weighted by atomic mass is 10.3. The van der Waals surface area contributed by atoms with E-state index in [1.54, 1.807) is 0 Å². The Balaban J connectivity index is 1.96. The zero-order valence-electron chi connectivity index (χ0n) is 10.6. The highest BCUT2D eigenvalue weighted by Gasteiger charge is 2.36. The topological polar surface area (TPSA) is 81.8 Å². The minimum Gasteiger partial charge on any atom is -0.352 e. The van der Waals surface area contributed by atoms with Crippen LogP contribution in [-0.2, 0) is 15.0 Å². The molecule has 2 saturated heterocycles. The number of hydrogen-bond donors (Lipinski definition) is 2. The van der Waals surface area contributed by atoms with Crippen LogP contribution in [0.1, 0.15) is 13.3 Å². The van der Waals surface area contributed by atoms with Gasteiger partial charge < -0.3 is 10.6 Å². The molecule has 0 bridgehead atoms. The van der Waals surface area contributed by atoms with Crippen LogP contribution in [0.5, 0.6) is 0 Å². The first-order chi connectivity index (χ1) is 8.50. The van der Waals surface area contributed by atoms with Crippen molar-refractivity contribution in [3.8, 4) is 0 Å². The van der Waals surface area contributed by atoms with Crippen LogP contribution < -0.4 is 10.6 Å². The Bertz CT molecular complexity index is 405. The van der Waals surface area contributed by atoms with Crippen molar-refractivity contribution in [2.75, 3.05) is 39.3 Å². The summed E-state index contributed by atoms with van der Waals surface area (Å²) in [5.41, 5.74) is 0. The Morgan fingerprint density at radius 1 is 1.22 bits per heavy atom. The van der Waals surface area contributed by atoms with Gasteiger partial charge in [0, 0.05) is 52.2 Å². The number of carbonyl (C=O) groups is 1. The molecular formula is C10H20N4O3S. The molecule has 18 heavy (non-hydrogen) atoms. The van der Waals surface area contributed by atoms with E-state index in [2.05, 4.69) is 10.6 Å². The van der Waals surface area contributed by atoms with Gasteiger partial charge in [0.2, 0.25) is 5.91 Å². The van der Waals surface area contributed by atoms with Gasteiger partial charge in [-0.15, -0.1) is 0 Å². The molecule has 8 heteroatoms. The van der Waals surface area contributed by atoms with E-state index in [1.807, 2.05) is 0 Å². The maximum atomic E-state index is 12.3. The van der Waals surface area contributed by atoms with Gasteiger partial charge in [-0.1, -0.05) is 0 Å². The number of hydrogen-bond acceptors (Lipinski definition) is 4. The summed E-state index contributed by atoms with van der Waals surface area (Å²) in [6.07, 6.45) is 0.685. The zero-order chi connectivity index (χ0) is 13.2. The molecule has 2 fully saturated rings. The van der Waals surface area contributed by atoms with Gasteiger partial charge >= 0.3 is 0 Å². The second kappa shape index (κ2) is 5.52. The van der Waals surface area contributed by atoms with Crippen LogP contribution >= 0.6 is 0 Å². The predicted molar refractivity (Wildman–Crippen MR) is 67.2 cm³/mol. The summed E-state index contributed by atoms with van der Waals surface area (Å²) in [7, 11) is -3.36. The van der Waals surface area contributed by atoms with Crippen molar-refractivity contribution in [3.63, 3.8) is 0 Å². The molecule has 7 nitrogen and oxygen atoms in total. The summed E-state index contributed by atoms with van der Waals surface area (Å²) in [6, 6.07) is -0.0554. The van der Waals surface area contributed by atoms with Gasteiger partial charge in [-0.25, -0.2) is 0 Å². The van der Waals surface area contributed by atoms with Crippen LogP contribution in [-0.4, -0.2) is 68.2 Å². The van der Waals surface area contributed by atoms with Gasteiger partial charge in [0.25, 0.3) is 10.2 Å². The van der Waals surface area contributed by atoms with Crippen LogP contribution in [0.2, 0.25) is 0 Å². The molecule has 0 aromatic carbocycles. The molecule has 0 aromatic rings. The first-order valence-electron chi connectivity index (χ1n) is 6.23. The number of nitrogens with zero attached hydrogens (tertiary/aromatic N) is 2. The minimum absolute atomic E-state index is 0.0554. The van der Waals surface area contributed by atoms with Crippen LogP contribution in [0.4, 0.5) is 0 Å². The van der Waals surface area contributed by atoms with E-state index < -0.39 is 10.2 Å². The molecule has 0 radical (unpaired) electrons. The maximum absolute atomic E-state index is 12.3. The predicted octanol–water partition coefficient (Wildman–Crippen LogP) is -1.65. The largest absolute Gasteiger partial charge is 0.352 e. The highest BCUT2D eigenvalue weighted by atomic mass is 32.2. The fraction of sp³-hybridized carbons (Fsp3) is 0.900. The monoisotopic (exact) mass is 276 g/mol. The lowest BCUT2D eigenvalue weighted by Gasteiger charge is -2.30. The summed E-state index contributed by atoms with van der Waals surface area (Å²) in [5, 5.41) is 5.90. The van der Waals surface area contributed by atoms with Gasteiger partial charge in [0.15, 0.2) is 0 Å². The number of carbonyl (C=O) groups excluding carboxylic acids is 1. The number of rotatable bonds is 3. The molecular weight excluding hydrogens is 256 g/mol. The van der Waals surface area contributed by atoms with E-state index in [-0.39, 0.29) is 11.9 Å². The molecule has 0 aromatic heterocycles. The molecule has 0 saturated carbocycles. The molecule has 2 N–H and O–H groups in total. The van der Waals surface area contributed by atoms with Crippen LogP contribution in [0.15, 0.2) is 0 Å². The SMILES string of the molecule is CC(=O)NC1CCN(S(=O)(=O)N2CCNCC2)C1. The van der Waals surface area contributed by atoms with Crippen molar-refractivity contribution >= 4 is 16.1 Å². The Hall–Kier alpha value is -0.700. The lowest BCUT2D eigenvalue weighted by molar-refractivity contribution is -0.119. The molecule has 0 aliphatic carbocycles. The number of amides is 1. The van der Waals surface area contributed by atoms with Gasteiger partial charge in [-0.2, -0.15) is 17.0 Å². The van der Waals surface area contributed by atoms with Gasteiger partial charge in [0.1, 0.15) is 0 Å². The lowest BCUT2D eigenvalue weighted by Crippen LogP contribution is -2.51. The van der Waals surface area contributed by atoms with E-state index in [1.165, 1.54) is 15.5 Å². The third-order valence-electron chi connectivity index (χ3n) is 3.29. The van der Waals surface area contributed by atoms with Crippen LogP contribution in [0, 0.1) is 0 Å². The smallest absolute Gasteiger partial charge is 0.282 e. The van der Waals surface area contributed by atoms with Crippen molar-refractivity contribution in [3.05, 3.63) is 0 Å². The van der Waals surface area contributed by atoms with Crippen molar-refractivity contribution in [1.29, 1.82) is 0 Å². The second-order valence-electron chi connectivity index (χ2n) is 4.70. The molecule has 1 atom stereocenters. The Morgan fingerprint density at radius 3 is 2.50 bits per heavy atom. The molecule has 1 amide bonds. The molecule has 2 rings (SSSR count). The Morgan fingerprint density at radius 2 is 1.89 bits per heavy atom. The van der Waals surface area contributed by atoms with E-state index in [4.69, 9.17) is 0 Å². The molecule has 2 heterocycles. The molecule has 1 unspecified atom stereocenters. The van der Waals surface area contributed by atoms with Crippen molar-refractivity contribution in [2.24, 2.45) is 0 Å². The maximum Gasteiger partial charge on any atom is 0.282 e. The first-order valence-corrected chi connectivity index (χ1v) is 7.63. The standard InChI is InChI=1S/C10H20N4O3S/c1-9(15)12-10-2-5-14(8-10)18(16,17)13-6-3-11-4-7-13/h10-11H,2-8H2,1H3,(H,12,15). The quantitative estimate of drug-likeness (QED) is 0.647. The summed E-state index contributed by atoms with van der Waals surface area (Å²) in [4.78, 5) is 11.0. The van der Waals surface area contributed by atoms with Crippen molar-refractivity contribution < 1.29 is 13.2 Å². The number of nitrogens with one attached hydrogen (secondary N) is 2. The molecule has 104 valence electrons. The molecule has 0 spiro atoms. The summed E-state index contributed by atoms with van der Waals surface area (Å²) < 4.78 is 27.6. The molecule has 2 aliphatic rings. The highest BCUT2D eigenvalue weighted by molar-refractivity contribution is 7.86. The van der Waals surface area contributed by atoms with E-state index in [9.17, 15) is 13.2 Å². The summed E-state index contributed by atoms with van der Waals surface area (Å²) in [5.74, 6) is -0.110. The van der Waals surface area contributed by atoms with Gasteiger partial charge in [-0.3, -0.25) is 4.79 Å². The van der Waals surface area contributed by atoms with Gasteiger partial charge in [0.05, 0.1) is 0 Å². The fourth-order valence-electron chi connectivity index (χ4n) is 2.38. The average Bonchev–Trinajstić information content (AvgIpc) is 2.78. The highest BCUT2D eigenvalue weighted by Crippen LogP contribution is 2.17. The Kier molecular flexibility index (Phi) is 4.21. The summed E-state index contributed by atoms with van der Waals surface area (Å²) in [6.45, 7) is 4.74. The third-order valence-corrected chi connectivity index (χ3v) is 5.29. The first kappa shape index (κ1) is 13.7. The summed E-state index contributed by atoms with van der Waals surface area (Å²) >= 11 is 0. The Labute approximate surface area is 108 Å². The van der Waals surface area contributed by atoms with Crippen LogP contribution in [0.25, 0.3) is 0 Å². The zero-order valence-corrected chi connectivity index (χ0v) is 11.4. The van der Waals surface area contributed by atoms with E-state index in [0.29, 0.717) is 45.7 Å². The number of piperazine rings is 1. The van der Waals surface area contributed by atoms with Crippen molar-refractivity contribution in [1.82, 2.24) is 19.2 Å². The van der Waals surface area contributed by atoms with E-state index >= 15 is 0 Å². The van der Waals surface area contributed by atoms with Gasteiger partial charge in [-0.05, 0) is 6.42 Å². The second-order valence-corrected chi connectivity index (χ2v) is 6.63. The normalized spacial score (nSPS) is 27.3. The fourth-order valence-corrected chi connectivity index (χ4v) is 4.06. The average molecular weight is 276 g/mol. The third kappa shape index (κ3) is 3.00. The van der Waals surface area contributed by atoms with Crippen LogP contribution in [0.3, 0.4) is 0 Å².